The predicted molar refractivity (Wildman–Crippen MR) is 82.5 cm³/mol. The van der Waals surface area contributed by atoms with Crippen LogP contribution >= 0.6 is 0 Å². The van der Waals surface area contributed by atoms with Crippen molar-refractivity contribution in [2.75, 3.05) is 13.6 Å². The molecule has 0 bridgehead atoms. The monoisotopic (exact) mass is 273 g/mol. The lowest BCUT2D eigenvalue weighted by atomic mass is 10.1. The second-order valence-electron chi connectivity index (χ2n) is 5.57. The van der Waals surface area contributed by atoms with E-state index in [4.69, 9.17) is 0 Å². The lowest BCUT2D eigenvalue weighted by molar-refractivity contribution is -0.121. The standard InChI is InChI=1S/C16H23N3O/c1-12(2)9-18-16(20)11-19-7-6-14-8-13(10-17-3)4-5-15(14)19/h4-8,12,17H,9-11H2,1-3H3,(H,18,20). The fourth-order valence-corrected chi connectivity index (χ4v) is 2.23. The van der Waals surface area contributed by atoms with Crippen molar-refractivity contribution in [1.82, 2.24) is 15.2 Å². The van der Waals surface area contributed by atoms with Crippen LogP contribution in [0.4, 0.5) is 0 Å². The first kappa shape index (κ1) is 14.6. The van der Waals surface area contributed by atoms with E-state index in [1.807, 2.05) is 17.8 Å². The SMILES string of the molecule is CNCc1ccc2c(ccn2CC(=O)NCC(C)C)c1. The fraction of sp³-hybridized carbons (Fsp3) is 0.438. The first-order valence-electron chi connectivity index (χ1n) is 7.09. The van der Waals surface area contributed by atoms with Gasteiger partial charge in [0.05, 0.1) is 0 Å². The molecule has 0 aliphatic rings. The molecule has 0 spiro atoms. The molecule has 1 heterocycles. The van der Waals surface area contributed by atoms with Crippen LogP contribution in [0.5, 0.6) is 0 Å². The molecule has 0 fully saturated rings. The third-order valence-electron chi connectivity index (χ3n) is 3.24. The maximum Gasteiger partial charge on any atom is 0.239 e. The summed E-state index contributed by atoms with van der Waals surface area (Å²) < 4.78 is 1.99. The zero-order valence-electron chi connectivity index (χ0n) is 12.4. The van der Waals surface area contributed by atoms with Gasteiger partial charge in [-0.3, -0.25) is 4.79 Å². The topological polar surface area (TPSA) is 46.1 Å². The minimum atomic E-state index is 0.0653. The first-order valence-corrected chi connectivity index (χ1v) is 7.09. The highest BCUT2D eigenvalue weighted by Crippen LogP contribution is 2.17. The number of hydrogen-bond donors (Lipinski definition) is 2. The zero-order valence-corrected chi connectivity index (χ0v) is 12.4. The summed E-state index contributed by atoms with van der Waals surface area (Å²) in [6.45, 7) is 6.14. The van der Waals surface area contributed by atoms with Crippen LogP contribution in [-0.4, -0.2) is 24.1 Å². The van der Waals surface area contributed by atoms with Gasteiger partial charge in [0.2, 0.25) is 5.91 Å². The lowest BCUT2D eigenvalue weighted by Crippen LogP contribution is -2.30. The van der Waals surface area contributed by atoms with Crippen LogP contribution in [0.1, 0.15) is 19.4 Å². The summed E-state index contributed by atoms with van der Waals surface area (Å²) in [5.41, 5.74) is 2.35. The van der Waals surface area contributed by atoms with Crippen LogP contribution < -0.4 is 10.6 Å². The van der Waals surface area contributed by atoms with Gasteiger partial charge in [-0.25, -0.2) is 0 Å². The summed E-state index contributed by atoms with van der Waals surface area (Å²) in [6.07, 6.45) is 1.97. The first-order chi connectivity index (χ1) is 9.60. The summed E-state index contributed by atoms with van der Waals surface area (Å²) >= 11 is 0. The molecule has 0 radical (unpaired) electrons. The van der Waals surface area contributed by atoms with Crippen molar-refractivity contribution in [1.29, 1.82) is 0 Å². The Bertz CT molecular complexity index is 586. The lowest BCUT2D eigenvalue weighted by Gasteiger charge is -2.09. The molecular weight excluding hydrogens is 250 g/mol. The highest BCUT2D eigenvalue weighted by atomic mass is 16.1. The molecule has 4 heteroatoms. The van der Waals surface area contributed by atoms with Gasteiger partial charge in [0.15, 0.2) is 0 Å². The zero-order chi connectivity index (χ0) is 14.5. The highest BCUT2D eigenvalue weighted by molar-refractivity contribution is 5.83. The molecule has 20 heavy (non-hydrogen) atoms. The average Bonchev–Trinajstić information content (AvgIpc) is 2.79. The second-order valence-corrected chi connectivity index (χ2v) is 5.57. The number of nitrogens with zero attached hydrogens (tertiary/aromatic N) is 1. The minimum Gasteiger partial charge on any atom is -0.354 e. The number of fused-ring (bicyclic) bond motifs is 1. The van der Waals surface area contributed by atoms with Crippen molar-refractivity contribution >= 4 is 16.8 Å². The van der Waals surface area contributed by atoms with E-state index >= 15 is 0 Å². The summed E-state index contributed by atoms with van der Waals surface area (Å²) in [6, 6.07) is 8.40. The number of rotatable bonds is 6. The molecule has 0 saturated carbocycles. The van der Waals surface area contributed by atoms with Gasteiger partial charge in [0.1, 0.15) is 6.54 Å². The molecule has 2 rings (SSSR count). The predicted octanol–water partition coefficient (Wildman–Crippen LogP) is 2.13. The van der Waals surface area contributed by atoms with Gasteiger partial charge in [0.25, 0.3) is 0 Å². The van der Waals surface area contributed by atoms with Crippen molar-refractivity contribution < 1.29 is 4.79 Å². The number of carbonyl (C=O) groups excluding carboxylic acids is 1. The third kappa shape index (κ3) is 3.61. The number of amides is 1. The Labute approximate surface area is 120 Å². The van der Waals surface area contributed by atoms with Gasteiger partial charge in [-0.15, -0.1) is 0 Å². The van der Waals surface area contributed by atoms with Crippen LogP contribution in [0, 0.1) is 5.92 Å². The molecule has 1 aromatic heterocycles. The molecule has 1 aromatic carbocycles. The van der Waals surface area contributed by atoms with Gasteiger partial charge in [0, 0.05) is 24.8 Å². The molecule has 0 atom stereocenters. The van der Waals surface area contributed by atoms with Crippen LogP contribution in [0.2, 0.25) is 0 Å². The maximum absolute atomic E-state index is 11.9. The van der Waals surface area contributed by atoms with E-state index in [1.54, 1.807) is 0 Å². The van der Waals surface area contributed by atoms with E-state index in [9.17, 15) is 4.79 Å². The Balaban J connectivity index is 2.09. The van der Waals surface area contributed by atoms with Crippen LogP contribution in [0.25, 0.3) is 10.9 Å². The largest absolute Gasteiger partial charge is 0.354 e. The van der Waals surface area contributed by atoms with Crippen molar-refractivity contribution in [2.24, 2.45) is 5.92 Å². The minimum absolute atomic E-state index is 0.0653. The second kappa shape index (κ2) is 6.57. The molecule has 2 aromatic rings. The Kier molecular flexibility index (Phi) is 4.79. The number of aromatic nitrogens is 1. The van der Waals surface area contributed by atoms with Gasteiger partial charge in [-0.1, -0.05) is 19.9 Å². The van der Waals surface area contributed by atoms with E-state index in [0.717, 1.165) is 18.6 Å². The summed E-state index contributed by atoms with van der Waals surface area (Å²) in [5, 5.41) is 7.27. The van der Waals surface area contributed by atoms with E-state index in [0.29, 0.717) is 12.5 Å². The Morgan fingerprint density at radius 2 is 2.10 bits per heavy atom. The Morgan fingerprint density at radius 1 is 1.30 bits per heavy atom. The molecule has 2 N–H and O–H groups in total. The maximum atomic E-state index is 11.9. The van der Waals surface area contributed by atoms with Crippen molar-refractivity contribution in [3.05, 3.63) is 36.0 Å². The number of nitrogens with one attached hydrogen (secondary N) is 2. The molecule has 0 aliphatic heterocycles. The van der Waals surface area contributed by atoms with E-state index < -0.39 is 0 Å². The van der Waals surface area contributed by atoms with Crippen LogP contribution in [0.15, 0.2) is 30.5 Å². The molecule has 1 amide bonds. The van der Waals surface area contributed by atoms with Crippen LogP contribution in [-0.2, 0) is 17.9 Å². The average molecular weight is 273 g/mol. The number of hydrogen-bond acceptors (Lipinski definition) is 2. The van der Waals surface area contributed by atoms with Gasteiger partial charge >= 0.3 is 0 Å². The molecule has 4 nitrogen and oxygen atoms in total. The molecule has 0 aliphatic carbocycles. The van der Waals surface area contributed by atoms with Gasteiger partial charge < -0.3 is 15.2 Å². The van der Waals surface area contributed by atoms with E-state index in [1.165, 1.54) is 10.9 Å². The highest BCUT2D eigenvalue weighted by Gasteiger charge is 2.07. The van der Waals surface area contributed by atoms with Crippen LogP contribution in [0.3, 0.4) is 0 Å². The van der Waals surface area contributed by atoms with Gasteiger partial charge in [-0.05, 0) is 42.1 Å². The summed E-state index contributed by atoms with van der Waals surface area (Å²) in [7, 11) is 1.94. The fourth-order valence-electron chi connectivity index (χ4n) is 2.23. The number of carbonyl (C=O) groups is 1. The quantitative estimate of drug-likeness (QED) is 0.847. The van der Waals surface area contributed by atoms with E-state index in [2.05, 4.69) is 48.7 Å². The summed E-state index contributed by atoms with van der Waals surface area (Å²) in [5.74, 6) is 0.542. The molecule has 0 saturated heterocycles. The summed E-state index contributed by atoms with van der Waals surface area (Å²) in [4.78, 5) is 11.9. The third-order valence-corrected chi connectivity index (χ3v) is 3.24. The van der Waals surface area contributed by atoms with E-state index in [-0.39, 0.29) is 5.91 Å². The number of benzene rings is 1. The molecule has 108 valence electrons. The van der Waals surface area contributed by atoms with Gasteiger partial charge in [-0.2, -0.15) is 0 Å². The molecular formula is C16H23N3O. The van der Waals surface area contributed by atoms with Crippen molar-refractivity contribution in [3.8, 4) is 0 Å². The smallest absolute Gasteiger partial charge is 0.239 e. The van der Waals surface area contributed by atoms with Crippen molar-refractivity contribution in [3.63, 3.8) is 0 Å². The Hall–Kier alpha value is -1.81. The normalized spacial score (nSPS) is 11.2. The van der Waals surface area contributed by atoms with Crippen molar-refractivity contribution in [2.45, 2.75) is 26.9 Å². The molecule has 0 unspecified atom stereocenters. The Morgan fingerprint density at radius 3 is 2.80 bits per heavy atom.